The molecule has 1 radical (unpaired) electrons. The molecule has 12 heavy (non-hydrogen) atoms. The minimum absolute atomic E-state index is 1.12. The highest BCUT2D eigenvalue weighted by Crippen LogP contribution is 2.00. The fourth-order valence-electron chi connectivity index (χ4n) is 0.826. The van der Waals surface area contributed by atoms with Gasteiger partial charge in [0.1, 0.15) is 0 Å². The van der Waals surface area contributed by atoms with Crippen LogP contribution in [0.5, 0.6) is 0 Å². The van der Waals surface area contributed by atoms with Gasteiger partial charge in [0.15, 0.2) is 0 Å². The van der Waals surface area contributed by atoms with Crippen LogP contribution in [0.3, 0.4) is 0 Å². The largest absolute Gasteiger partial charge is 0.286 e. The standard InChI is InChI=1S/C11H9O/c12-10-6-2-5-9-11-7-3-1-4-8-11/h1-9H/b6-2+,9-5+. The van der Waals surface area contributed by atoms with E-state index in [4.69, 9.17) is 0 Å². The third-order valence-electron chi connectivity index (χ3n) is 1.36. The Morgan fingerprint density at radius 3 is 2.50 bits per heavy atom. The summed E-state index contributed by atoms with van der Waals surface area (Å²) in [5, 5.41) is 0. The van der Waals surface area contributed by atoms with Gasteiger partial charge in [0.05, 0.1) is 0 Å². The lowest BCUT2D eigenvalue weighted by atomic mass is 10.2. The Labute approximate surface area is 72.0 Å². The van der Waals surface area contributed by atoms with Crippen LogP contribution in [0.25, 0.3) is 6.08 Å². The Morgan fingerprint density at radius 2 is 1.83 bits per heavy atom. The van der Waals surface area contributed by atoms with E-state index in [0.29, 0.717) is 0 Å². The predicted octanol–water partition coefficient (Wildman–Crippen LogP) is 2.37. The van der Waals surface area contributed by atoms with Crippen molar-refractivity contribution in [2.75, 3.05) is 0 Å². The van der Waals surface area contributed by atoms with Gasteiger partial charge < -0.3 is 0 Å². The molecule has 0 heterocycles. The van der Waals surface area contributed by atoms with Crippen molar-refractivity contribution in [2.45, 2.75) is 0 Å². The maximum absolute atomic E-state index is 9.77. The van der Waals surface area contributed by atoms with Crippen LogP contribution in [0.1, 0.15) is 5.56 Å². The summed E-state index contributed by atoms with van der Waals surface area (Å²) in [6.07, 6.45) is 8.39. The van der Waals surface area contributed by atoms with Gasteiger partial charge in [0.25, 0.3) is 0 Å². The summed E-state index contributed by atoms with van der Waals surface area (Å²) < 4.78 is 0. The second-order valence-electron chi connectivity index (χ2n) is 2.25. The molecule has 1 aromatic rings. The second kappa shape index (κ2) is 5.08. The Bertz CT molecular complexity index is 283. The number of carbonyl (C=O) groups excluding carboxylic acids is 1. The monoisotopic (exact) mass is 157 g/mol. The average Bonchev–Trinajstić information content (AvgIpc) is 2.14. The molecule has 1 aromatic carbocycles. The molecular weight excluding hydrogens is 148 g/mol. The SMILES string of the molecule is O=[C]/C=C/C=C/c1ccccc1. The van der Waals surface area contributed by atoms with Crippen molar-refractivity contribution in [2.24, 2.45) is 0 Å². The molecule has 1 heteroatoms. The van der Waals surface area contributed by atoms with Gasteiger partial charge in [-0.05, 0) is 11.6 Å². The number of hydrogen-bond acceptors (Lipinski definition) is 1. The van der Waals surface area contributed by atoms with E-state index in [1.165, 1.54) is 6.08 Å². The molecule has 0 unspecified atom stereocenters. The summed E-state index contributed by atoms with van der Waals surface area (Å²) in [6.45, 7) is 0. The van der Waals surface area contributed by atoms with Crippen LogP contribution in [-0.2, 0) is 4.79 Å². The minimum Gasteiger partial charge on any atom is -0.286 e. The first-order chi connectivity index (χ1) is 5.93. The van der Waals surface area contributed by atoms with E-state index < -0.39 is 0 Å². The van der Waals surface area contributed by atoms with E-state index in [2.05, 4.69) is 0 Å². The third-order valence-corrected chi connectivity index (χ3v) is 1.36. The number of benzene rings is 1. The molecule has 1 nitrogen and oxygen atoms in total. The lowest BCUT2D eigenvalue weighted by Gasteiger charge is -1.87. The molecule has 1 rings (SSSR count). The minimum atomic E-state index is 1.12. The molecule has 0 spiro atoms. The quantitative estimate of drug-likeness (QED) is 0.486. The molecule has 59 valence electrons. The zero-order valence-electron chi connectivity index (χ0n) is 6.60. The molecule has 0 aliphatic carbocycles. The van der Waals surface area contributed by atoms with E-state index in [0.717, 1.165) is 5.56 Å². The summed E-state index contributed by atoms with van der Waals surface area (Å²) in [5.74, 6) is 0. The van der Waals surface area contributed by atoms with Gasteiger partial charge >= 0.3 is 0 Å². The average molecular weight is 157 g/mol. The molecule has 0 fully saturated rings. The molecule has 0 saturated carbocycles. The van der Waals surface area contributed by atoms with Crippen molar-refractivity contribution in [1.29, 1.82) is 0 Å². The Morgan fingerprint density at radius 1 is 1.08 bits per heavy atom. The Hall–Kier alpha value is -1.63. The van der Waals surface area contributed by atoms with E-state index in [9.17, 15) is 4.79 Å². The maximum Gasteiger partial charge on any atom is 0.225 e. The normalized spacial score (nSPS) is 11.0. The van der Waals surface area contributed by atoms with Crippen LogP contribution < -0.4 is 0 Å². The van der Waals surface area contributed by atoms with Gasteiger partial charge in [0.2, 0.25) is 6.29 Å². The van der Waals surface area contributed by atoms with E-state index >= 15 is 0 Å². The van der Waals surface area contributed by atoms with Crippen LogP contribution in [0, 0.1) is 0 Å². The summed E-state index contributed by atoms with van der Waals surface area (Å²) in [4.78, 5) is 9.77. The van der Waals surface area contributed by atoms with Crippen LogP contribution in [-0.4, -0.2) is 6.29 Å². The maximum atomic E-state index is 9.77. The van der Waals surface area contributed by atoms with Crippen LogP contribution in [0.4, 0.5) is 0 Å². The van der Waals surface area contributed by atoms with Gasteiger partial charge in [-0.1, -0.05) is 48.6 Å². The molecule has 0 aliphatic heterocycles. The summed E-state index contributed by atoms with van der Waals surface area (Å²) in [5.41, 5.74) is 1.12. The number of allylic oxidation sites excluding steroid dienone is 3. The predicted molar refractivity (Wildman–Crippen MR) is 50.3 cm³/mol. The van der Waals surface area contributed by atoms with Crippen molar-refractivity contribution in [3.63, 3.8) is 0 Å². The Kier molecular flexibility index (Phi) is 3.58. The number of hydrogen-bond donors (Lipinski definition) is 0. The highest BCUT2D eigenvalue weighted by atomic mass is 16.1. The van der Waals surface area contributed by atoms with Crippen molar-refractivity contribution in [3.05, 3.63) is 54.1 Å². The summed E-state index contributed by atoms with van der Waals surface area (Å²) in [7, 11) is 0. The molecular formula is C11H9O. The molecule has 0 aliphatic rings. The molecule has 0 N–H and O–H groups in total. The zero-order chi connectivity index (χ0) is 8.65. The molecule has 0 saturated heterocycles. The first-order valence-electron chi connectivity index (χ1n) is 3.69. The lowest BCUT2D eigenvalue weighted by molar-refractivity contribution is 0.564. The molecule has 0 amide bonds. The van der Waals surface area contributed by atoms with Crippen molar-refractivity contribution < 1.29 is 4.79 Å². The number of rotatable bonds is 3. The van der Waals surface area contributed by atoms with Gasteiger partial charge in [0, 0.05) is 0 Å². The van der Waals surface area contributed by atoms with Gasteiger partial charge in [-0.15, -0.1) is 0 Å². The highest BCUT2D eigenvalue weighted by Gasteiger charge is 1.78. The second-order valence-corrected chi connectivity index (χ2v) is 2.25. The molecule has 0 bridgehead atoms. The Balaban J connectivity index is 2.58. The van der Waals surface area contributed by atoms with Crippen LogP contribution in [0.2, 0.25) is 0 Å². The van der Waals surface area contributed by atoms with Gasteiger partial charge in [-0.25, -0.2) is 0 Å². The lowest BCUT2D eigenvalue weighted by Crippen LogP contribution is -1.66. The summed E-state index contributed by atoms with van der Waals surface area (Å²) in [6, 6.07) is 9.89. The van der Waals surface area contributed by atoms with Crippen molar-refractivity contribution in [3.8, 4) is 0 Å². The topological polar surface area (TPSA) is 17.1 Å². The third kappa shape index (κ3) is 2.97. The van der Waals surface area contributed by atoms with E-state index in [-0.39, 0.29) is 0 Å². The fraction of sp³-hybridized carbons (Fsp3) is 0. The van der Waals surface area contributed by atoms with Crippen LogP contribution >= 0.6 is 0 Å². The highest BCUT2D eigenvalue weighted by molar-refractivity contribution is 5.67. The molecule has 0 atom stereocenters. The first-order valence-corrected chi connectivity index (χ1v) is 3.69. The zero-order valence-corrected chi connectivity index (χ0v) is 6.60. The molecule has 0 aromatic heterocycles. The smallest absolute Gasteiger partial charge is 0.225 e. The summed E-state index contributed by atoms with van der Waals surface area (Å²) >= 11 is 0. The van der Waals surface area contributed by atoms with Crippen LogP contribution in [0.15, 0.2) is 48.6 Å². The van der Waals surface area contributed by atoms with Gasteiger partial charge in [-0.2, -0.15) is 0 Å². The fourth-order valence-corrected chi connectivity index (χ4v) is 0.826. The van der Waals surface area contributed by atoms with Gasteiger partial charge in [-0.3, -0.25) is 4.79 Å². The van der Waals surface area contributed by atoms with Crippen molar-refractivity contribution in [1.82, 2.24) is 0 Å². The van der Waals surface area contributed by atoms with E-state index in [1.54, 1.807) is 18.4 Å². The van der Waals surface area contributed by atoms with E-state index in [1.807, 2.05) is 36.4 Å². The van der Waals surface area contributed by atoms with Crippen molar-refractivity contribution >= 4 is 12.4 Å². The first kappa shape index (κ1) is 8.47.